The predicted molar refractivity (Wildman–Crippen MR) is 48.0 cm³/mol. The van der Waals surface area contributed by atoms with Crippen LogP contribution >= 0.6 is 0 Å². The van der Waals surface area contributed by atoms with Gasteiger partial charge in [-0.05, 0) is 23.6 Å². The van der Waals surface area contributed by atoms with E-state index in [0.29, 0.717) is 0 Å². The van der Waals surface area contributed by atoms with Crippen molar-refractivity contribution >= 4 is 10.8 Å². The molecule has 2 rings (SSSR count). The molecule has 2 heteroatoms. The summed E-state index contributed by atoms with van der Waals surface area (Å²) in [7, 11) is 0. The molecule has 0 aliphatic heterocycles. The highest BCUT2D eigenvalue weighted by molar-refractivity contribution is 5.80. The Labute approximate surface area is 69.5 Å². The fraction of sp³-hybridized carbons (Fsp3) is 0. The highest BCUT2D eigenvalue weighted by Gasteiger charge is 1.88. The van der Waals surface area contributed by atoms with E-state index in [4.69, 9.17) is 0 Å². The minimum atomic E-state index is 0.0243. The molecule has 1 aromatic heterocycles. The first-order valence-corrected chi connectivity index (χ1v) is 3.70. The lowest BCUT2D eigenvalue weighted by atomic mass is 10.2. The average Bonchev–Trinajstić information content (AvgIpc) is 2.25. The van der Waals surface area contributed by atoms with Crippen LogP contribution in [0, 0.1) is 0 Å². The molecule has 0 N–H and O–H groups in total. The Balaban J connectivity index is 2.98. The van der Waals surface area contributed by atoms with E-state index < -0.39 is 0 Å². The third-order valence-electron chi connectivity index (χ3n) is 1.72. The summed E-state index contributed by atoms with van der Waals surface area (Å²) in [6, 6.07) is 8.60. The summed E-state index contributed by atoms with van der Waals surface area (Å²) in [5.74, 6) is 0. The molecule has 0 aliphatic carbocycles. The summed E-state index contributed by atoms with van der Waals surface area (Å²) in [6.07, 6.45) is 3.43. The third kappa shape index (κ3) is 1.19. The van der Waals surface area contributed by atoms with E-state index in [2.05, 4.69) is 4.98 Å². The first-order chi connectivity index (χ1) is 5.86. The van der Waals surface area contributed by atoms with Gasteiger partial charge in [-0.2, -0.15) is 0 Å². The van der Waals surface area contributed by atoms with E-state index in [9.17, 15) is 4.79 Å². The van der Waals surface area contributed by atoms with Crippen molar-refractivity contribution in [3.05, 3.63) is 52.9 Å². The van der Waals surface area contributed by atoms with Gasteiger partial charge in [0.05, 0.1) is 0 Å². The Morgan fingerprint density at radius 3 is 2.92 bits per heavy atom. The number of hydrogen-bond donors (Lipinski definition) is 0. The molecule has 12 heavy (non-hydrogen) atoms. The highest BCUT2D eigenvalue weighted by atomic mass is 16.1. The number of rotatable bonds is 0. The minimum absolute atomic E-state index is 0.0243. The number of hydrogen-bond acceptors (Lipinski definition) is 2. The Morgan fingerprint density at radius 1 is 1.08 bits per heavy atom. The molecule has 0 aliphatic rings. The molecule has 0 radical (unpaired) electrons. The lowest BCUT2D eigenvalue weighted by Gasteiger charge is -1.86. The van der Waals surface area contributed by atoms with Crippen LogP contribution in [0.4, 0.5) is 0 Å². The molecule has 0 spiro atoms. The maximum Gasteiger partial charge on any atom is 0.179 e. The normalized spacial score (nSPS) is 10.0. The number of fused-ring (bicyclic) bond motifs is 1. The maximum absolute atomic E-state index is 11.1. The lowest BCUT2D eigenvalue weighted by Crippen LogP contribution is -1.88. The van der Waals surface area contributed by atoms with E-state index >= 15 is 0 Å². The van der Waals surface area contributed by atoms with Crippen LogP contribution in [0.1, 0.15) is 0 Å². The topological polar surface area (TPSA) is 30.0 Å². The molecule has 0 bridgehead atoms. The van der Waals surface area contributed by atoms with Crippen LogP contribution in [0.25, 0.3) is 10.8 Å². The molecule has 2 aromatic rings. The molecule has 0 saturated carbocycles. The Morgan fingerprint density at radius 2 is 2.00 bits per heavy atom. The van der Waals surface area contributed by atoms with Crippen molar-refractivity contribution in [1.29, 1.82) is 0 Å². The van der Waals surface area contributed by atoms with Crippen LogP contribution in [0.2, 0.25) is 0 Å². The van der Waals surface area contributed by atoms with Crippen LogP contribution in [0.5, 0.6) is 0 Å². The standard InChI is InChI=1S/C10H7NO/c12-10-3-1-2-9-7-11-5-4-8(9)6-10/h1-7H. The number of aromatic nitrogens is 1. The minimum Gasteiger partial charge on any atom is -0.290 e. The largest absolute Gasteiger partial charge is 0.290 e. The molecule has 58 valence electrons. The van der Waals surface area contributed by atoms with Crippen molar-refractivity contribution in [2.75, 3.05) is 0 Å². The third-order valence-corrected chi connectivity index (χ3v) is 1.72. The predicted octanol–water partition coefficient (Wildman–Crippen LogP) is 1.59. The average molecular weight is 157 g/mol. The second-order valence-corrected chi connectivity index (χ2v) is 2.58. The zero-order valence-electron chi connectivity index (χ0n) is 6.40. The zero-order chi connectivity index (χ0) is 8.39. The fourth-order valence-corrected chi connectivity index (χ4v) is 1.14. The van der Waals surface area contributed by atoms with Gasteiger partial charge in [-0.1, -0.05) is 12.1 Å². The summed E-state index contributed by atoms with van der Waals surface area (Å²) < 4.78 is 0. The summed E-state index contributed by atoms with van der Waals surface area (Å²) in [4.78, 5) is 15.0. The Hall–Kier alpha value is -1.70. The first-order valence-electron chi connectivity index (χ1n) is 3.70. The smallest absolute Gasteiger partial charge is 0.179 e. The number of pyridine rings is 1. The van der Waals surface area contributed by atoms with Gasteiger partial charge < -0.3 is 0 Å². The van der Waals surface area contributed by atoms with Gasteiger partial charge in [0.2, 0.25) is 0 Å². The second-order valence-electron chi connectivity index (χ2n) is 2.58. The van der Waals surface area contributed by atoms with Gasteiger partial charge in [0, 0.05) is 17.8 Å². The molecule has 1 heterocycles. The second kappa shape index (κ2) is 2.74. The molecule has 0 atom stereocenters. The Kier molecular flexibility index (Phi) is 1.59. The van der Waals surface area contributed by atoms with Crippen LogP contribution in [-0.4, -0.2) is 4.98 Å². The van der Waals surface area contributed by atoms with Gasteiger partial charge in [0.1, 0.15) is 0 Å². The van der Waals surface area contributed by atoms with E-state index in [1.807, 2.05) is 12.1 Å². The Bertz CT molecular complexity index is 465. The fourth-order valence-electron chi connectivity index (χ4n) is 1.14. The quantitative estimate of drug-likeness (QED) is 0.581. The molecule has 0 unspecified atom stereocenters. The van der Waals surface area contributed by atoms with Crippen LogP contribution in [0.15, 0.2) is 47.5 Å². The molecule has 1 aromatic carbocycles. The van der Waals surface area contributed by atoms with Crippen LogP contribution in [0.3, 0.4) is 0 Å². The van der Waals surface area contributed by atoms with Crippen molar-refractivity contribution in [1.82, 2.24) is 4.98 Å². The summed E-state index contributed by atoms with van der Waals surface area (Å²) in [5.41, 5.74) is 0.0243. The molecule has 2 nitrogen and oxygen atoms in total. The van der Waals surface area contributed by atoms with Gasteiger partial charge in [-0.3, -0.25) is 9.78 Å². The van der Waals surface area contributed by atoms with Crippen molar-refractivity contribution in [2.24, 2.45) is 0 Å². The van der Waals surface area contributed by atoms with Crippen LogP contribution < -0.4 is 5.43 Å². The zero-order valence-corrected chi connectivity index (χ0v) is 6.40. The maximum atomic E-state index is 11.1. The lowest BCUT2D eigenvalue weighted by molar-refractivity contribution is 1.37. The van der Waals surface area contributed by atoms with E-state index in [1.54, 1.807) is 30.6 Å². The summed E-state index contributed by atoms with van der Waals surface area (Å²) in [5, 5.41) is 1.92. The molecular weight excluding hydrogens is 150 g/mol. The van der Waals surface area contributed by atoms with Crippen molar-refractivity contribution < 1.29 is 0 Å². The van der Waals surface area contributed by atoms with Crippen molar-refractivity contribution in [3.8, 4) is 0 Å². The van der Waals surface area contributed by atoms with Gasteiger partial charge in [0.25, 0.3) is 0 Å². The first kappa shape index (κ1) is 6.98. The van der Waals surface area contributed by atoms with Crippen molar-refractivity contribution in [3.63, 3.8) is 0 Å². The molecule has 0 saturated heterocycles. The highest BCUT2D eigenvalue weighted by Crippen LogP contribution is 2.06. The van der Waals surface area contributed by atoms with E-state index in [-0.39, 0.29) is 5.43 Å². The van der Waals surface area contributed by atoms with E-state index in [0.717, 1.165) is 10.8 Å². The van der Waals surface area contributed by atoms with Gasteiger partial charge in [-0.15, -0.1) is 0 Å². The molecular formula is C10H7NO. The van der Waals surface area contributed by atoms with Gasteiger partial charge in [0.15, 0.2) is 5.43 Å². The monoisotopic (exact) mass is 157 g/mol. The molecule has 0 amide bonds. The number of nitrogens with zero attached hydrogens (tertiary/aromatic N) is 1. The van der Waals surface area contributed by atoms with Gasteiger partial charge >= 0.3 is 0 Å². The SMILES string of the molecule is O=c1cccc2cnccc2c1. The van der Waals surface area contributed by atoms with Gasteiger partial charge in [-0.25, -0.2) is 0 Å². The summed E-state index contributed by atoms with van der Waals surface area (Å²) >= 11 is 0. The van der Waals surface area contributed by atoms with Crippen molar-refractivity contribution in [2.45, 2.75) is 0 Å². The van der Waals surface area contributed by atoms with Crippen LogP contribution in [-0.2, 0) is 0 Å². The van der Waals surface area contributed by atoms with E-state index in [1.165, 1.54) is 0 Å². The summed E-state index contributed by atoms with van der Waals surface area (Å²) in [6.45, 7) is 0. The molecule has 0 fully saturated rings.